The molecule has 2 rings (SSSR count). The Morgan fingerprint density at radius 1 is 1.53 bits per heavy atom. The first kappa shape index (κ1) is 13.7. The molecule has 0 bridgehead atoms. The van der Waals surface area contributed by atoms with Crippen molar-refractivity contribution in [3.05, 3.63) is 40.0 Å². The normalized spacial score (nSPS) is 15.7. The number of hydrogen-bond donors (Lipinski definition) is 0. The topological polar surface area (TPSA) is 58.0 Å². The van der Waals surface area contributed by atoms with Gasteiger partial charge < -0.3 is 4.74 Å². The lowest BCUT2D eigenvalue weighted by atomic mass is 9.96. The third-order valence-electron chi connectivity index (χ3n) is 3.46. The molecule has 5 heteroatoms. The molecule has 0 aromatic heterocycles. The molecule has 0 spiro atoms. The largest absolute Gasteiger partial charge is 0.490 e. The van der Waals surface area contributed by atoms with E-state index in [0.717, 1.165) is 12.0 Å². The van der Waals surface area contributed by atoms with Gasteiger partial charge in [-0.15, -0.1) is 0 Å². The molecule has 0 heterocycles. The number of benzene rings is 1. The molecule has 1 saturated carbocycles. The molecular weight excluding hydrogens is 245 g/mol. The SMILES string of the molecule is CC[C@@H](CN=[N+]=[N-])c1ccc(F)c(OCC2CC2)c1. The van der Waals surface area contributed by atoms with Gasteiger partial charge in [0.05, 0.1) is 6.61 Å². The van der Waals surface area contributed by atoms with E-state index in [2.05, 4.69) is 10.0 Å². The van der Waals surface area contributed by atoms with Crippen LogP contribution < -0.4 is 4.74 Å². The molecule has 0 unspecified atom stereocenters. The predicted octanol–water partition coefficient (Wildman–Crippen LogP) is 4.42. The highest BCUT2D eigenvalue weighted by atomic mass is 19.1. The van der Waals surface area contributed by atoms with Gasteiger partial charge in [0.25, 0.3) is 0 Å². The standard InChI is InChI=1S/C14H18FN3O/c1-2-11(8-17-18-16)12-5-6-13(15)14(7-12)19-9-10-3-4-10/h5-7,10-11H,2-4,8-9H2,1H3/t11-/m0/s1. The molecule has 0 aliphatic heterocycles. The molecule has 1 aliphatic carbocycles. The second-order valence-electron chi connectivity index (χ2n) is 4.96. The number of rotatable bonds is 7. The van der Waals surface area contributed by atoms with Gasteiger partial charge in [-0.1, -0.05) is 18.1 Å². The van der Waals surface area contributed by atoms with Gasteiger partial charge in [-0.3, -0.25) is 0 Å². The Kier molecular flexibility index (Phi) is 4.63. The van der Waals surface area contributed by atoms with Gasteiger partial charge in [0.1, 0.15) is 0 Å². The summed E-state index contributed by atoms with van der Waals surface area (Å²) in [5, 5.41) is 3.60. The lowest BCUT2D eigenvalue weighted by Crippen LogP contribution is -2.05. The van der Waals surface area contributed by atoms with Crippen LogP contribution in [0.3, 0.4) is 0 Å². The average molecular weight is 263 g/mol. The van der Waals surface area contributed by atoms with E-state index in [1.807, 2.05) is 6.92 Å². The highest BCUT2D eigenvalue weighted by Crippen LogP contribution is 2.31. The summed E-state index contributed by atoms with van der Waals surface area (Å²) < 4.78 is 19.2. The fourth-order valence-electron chi connectivity index (χ4n) is 1.98. The molecule has 102 valence electrons. The first-order valence-corrected chi connectivity index (χ1v) is 6.67. The Morgan fingerprint density at radius 3 is 2.95 bits per heavy atom. The van der Waals surface area contributed by atoms with Gasteiger partial charge in [0, 0.05) is 11.5 Å². The monoisotopic (exact) mass is 263 g/mol. The molecule has 1 atom stereocenters. The third-order valence-corrected chi connectivity index (χ3v) is 3.46. The van der Waals surface area contributed by atoms with Gasteiger partial charge >= 0.3 is 0 Å². The van der Waals surface area contributed by atoms with Crippen LogP contribution >= 0.6 is 0 Å². The Morgan fingerprint density at radius 2 is 2.32 bits per heavy atom. The Hall–Kier alpha value is -1.74. The van der Waals surface area contributed by atoms with Crippen LogP contribution in [-0.4, -0.2) is 13.2 Å². The first-order chi connectivity index (χ1) is 9.24. The number of nitrogens with zero attached hydrogens (tertiary/aromatic N) is 3. The highest BCUT2D eigenvalue weighted by molar-refractivity contribution is 5.32. The van der Waals surface area contributed by atoms with Crippen molar-refractivity contribution < 1.29 is 9.13 Å². The van der Waals surface area contributed by atoms with Crippen molar-refractivity contribution in [3.63, 3.8) is 0 Å². The fraction of sp³-hybridized carbons (Fsp3) is 0.571. The maximum absolute atomic E-state index is 13.7. The van der Waals surface area contributed by atoms with E-state index >= 15 is 0 Å². The van der Waals surface area contributed by atoms with Crippen molar-refractivity contribution in [3.8, 4) is 5.75 Å². The quantitative estimate of drug-likeness (QED) is 0.408. The summed E-state index contributed by atoms with van der Waals surface area (Å²) in [7, 11) is 0. The van der Waals surface area contributed by atoms with E-state index in [1.54, 1.807) is 12.1 Å². The van der Waals surface area contributed by atoms with Crippen LogP contribution in [0.25, 0.3) is 10.4 Å². The number of halogens is 1. The van der Waals surface area contributed by atoms with E-state index in [-0.39, 0.29) is 11.7 Å². The van der Waals surface area contributed by atoms with Crippen LogP contribution in [0.15, 0.2) is 23.3 Å². The minimum atomic E-state index is -0.331. The maximum Gasteiger partial charge on any atom is 0.165 e. The van der Waals surface area contributed by atoms with Crippen LogP contribution in [0.5, 0.6) is 5.75 Å². The predicted molar refractivity (Wildman–Crippen MR) is 71.7 cm³/mol. The summed E-state index contributed by atoms with van der Waals surface area (Å²) in [6, 6.07) is 4.90. The van der Waals surface area contributed by atoms with Crippen molar-refractivity contribution in [1.29, 1.82) is 0 Å². The van der Waals surface area contributed by atoms with Gasteiger partial charge in [0.15, 0.2) is 11.6 Å². The van der Waals surface area contributed by atoms with Gasteiger partial charge in [-0.25, -0.2) is 4.39 Å². The second-order valence-corrected chi connectivity index (χ2v) is 4.96. The minimum absolute atomic E-state index is 0.111. The maximum atomic E-state index is 13.7. The molecule has 1 aromatic rings. The minimum Gasteiger partial charge on any atom is -0.490 e. The van der Waals surface area contributed by atoms with Gasteiger partial charge in [0.2, 0.25) is 0 Å². The van der Waals surface area contributed by atoms with Crippen LogP contribution in [0.1, 0.15) is 37.7 Å². The fourth-order valence-corrected chi connectivity index (χ4v) is 1.98. The molecule has 4 nitrogen and oxygen atoms in total. The summed E-state index contributed by atoms with van der Waals surface area (Å²) in [4.78, 5) is 2.78. The van der Waals surface area contributed by atoms with Crippen molar-refractivity contribution in [2.45, 2.75) is 32.1 Å². The van der Waals surface area contributed by atoms with Crippen LogP contribution in [-0.2, 0) is 0 Å². The Labute approximate surface area is 112 Å². The average Bonchev–Trinajstić information content (AvgIpc) is 3.24. The van der Waals surface area contributed by atoms with E-state index in [1.165, 1.54) is 18.9 Å². The van der Waals surface area contributed by atoms with Crippen molar-refractivity contribution >= 4 is 0 Å². The lowest BCUT2D eigenvalue weighted by molar-refractivity contribution is 0.285. The summed E-state index contributed by atoms with van der Waals surface area (Å²) in [6.07, 6.45) is 3.19. The summed E-state index contributed by atoms with van der Waals surface area (Å²) in [5.41, 5.74) is 9.34. The lowest BCUT2D eigenvalue weighted by Gasteiger charge is -2.14. The zero-order valence-electron chi connectivity index (χ0n) is 11.1. The zero-order chi connectivity index (χ0) is 13.7. The summed E-state index contributed by atoms with van der Waals surface area (Å²) >= 11 is 0. The first-order valence-electron chi connectivity index (χ1n) is 6.67. The van der Waals surface area contributed by atoms with E-state index in [9.17, 15) is 4.39 Å². The Balaban J connectivity index is 2.10. The molecular formula is C14H18FN3O. The van der Waals surface area contributed by atoms with E-state index < -0.39 is 0 Å². The highest BCUT2D eigenvalue weighted by Gasteiger charge is 2.22. The zero-order valence-corrected chi connectivity index (χ0v) is 11.1. The van der Waals surface area contributed by atoms with E-state index in [0.29, 0.717) is 24.8 Å². The van der Waals surface area contributed by atoms with Gasteiger partial charge in [-0.05, 0) is 54.3 Å². The molecule has 1 aliphatic rings. The molecule has 0 radical (unpaired) electrons. The van der Waals surface area contributed by atoms with E-state index in [4.69, 9.17) is 10.3 Å². The molecule has 0 saturated heterocycles. The van der Waals surface area contributed by atoms with Crippen molar-refractivity contribution in [2.75, 3.05) is 13.2 Å². The molecule has 19 heavy (non-hydrogen) atoms. The van der Waals surface area contributed by atoms with Crippen molar-refractivity contribution in [2.24, 2.45) is 11.0 Å². The molecule has 1 fully saturated rings. The third kappa shape index (κ3) is 3.86. The molecule has 0 N–H and O–H groups in total. The number of hydrogen-bond acceptors (Lipinski definition) is 2. The second kappa shape index (κ2) is 6.43. The summed E-state index contributed by atoms with van der Waals surface area (Å²) in [5.74, 6) is 0.680. The number of azide groups is 1. The van der Waals surface area contributed by atoms with Crippen LogP contribution in [0.4, 0.5) is 4.39 Å². The number of ether oxygens (including phenoxy) is 1. The molecule has 0 amide bonds. The Bertz CT molecular complexity index is 482. The smallest absolute Gasteiger partial charge is 0.165 e. The molecule has 1 aromatic carbocycles. The van der Waals surface area contributed by atoms with Crippen LogP contribution in [0, 0.1) is 11.7 Å². The van der Waals surface area contributed by atoms with Crippen molar-refractivity contribution in [1.82, 2.24) is 0 Å². The van der Waals surface area contributed by atoms with Crippen LogP contribution in [0.2, 0.25) is 0 Å². The van der Waals surface area contributed by atoms with Gasteiger partial charge in [-0.2, -0.15) is 0 Å². The summed E-state index contributed by atoms with van der Waals surface area (Å²) in [6.45, 7) is 3.00.